The van der Waals surface area contributed by atoms with Gasteiger partial charge in [0.1, 0.15) is 0 Å². The van der Waals surface area contributed by atoms with Crippen molar-refractivity contribution in [3.8, 4) is 0 Å². The molecule has 0 aromatic heterocycles. The number of halogens is 1. The van der Waals surface area contributed by atoms with Gasteiger partial charge in [-0.1, -0.05) is 6.07 Å². The molecular weight excluding hydrogens is 338 g/mol. The van der Waals surface area contributed by atoms with Crippen LogP contribution in [-0.4, -0.2) is 37.2 Å². The first-order valence-corrected chi connectivity index (χ1v) is 7.68. The van der Waals surface area contributed by atoms with Gasteiger partial charge in [0.05, 0.1) is 4.90 Å². The van der Waals surface area contributed by atoms with Gasteiger partial charge in [0.2, 0.25) is 10.0 Å². The average Bonchev–Trinajstić information content (AvgIpc) is 2.27. The van der Waals surface area contributed by atoms with Gasteiger partial charge in [-0.15, -0.1) is 0 Å². The molecule has 1 rings (SSSR count). The van der Waals surface area contributed by atoms with Gasteiger partial charge in [-0.2, -0.15) is 0 Å². The van der Waals surface area contributed by atoms with Crippen LogP contribution in [-0.2, 0) is 14.8 Å². The number of aliphatic carboxylic acids is 1. The number of carboxylic acid groups (broad SMARTS) is 1. The van der Waals surface area contributed by atoms with Crippen molar-refractivity contribution in [1.29, 1.82) is 0 Å². The van der Waals surface area contributed by atoms with Gasteiger partial charge in [0.15, 0.2) is 6.10 Å². The summed E-state index contributed by atoms with van der Waals surface area (Å²) in [6.45, 7) is 1.67. The fourth-order valence-electron chi connectivity index (χ4n) is 1.36. The number of carboxylic acids is 1. The van der Waals surface area contributed by atoms with Crippen molar-refractivity contribution in [2.45, 2.75) is 24.3 Å². The molecular formula is C11H14BrNO5S. The fourth-order valence-corrected chi connectivity index (χ4v) is 3.59. The predicted molar refractivity (Wildman–Crippen MR) is 72.3 cm³/mol. The molecule has 19 heavy (non-hydrogen) atoms. The summed E-state index contributed by atoms with van der Waals surface area (Å²) >= 11 is 3.16. The van der Waals surface area contributed by atoms with E-state index in [4.69, 9.17) is 10.2 Å². The summed E-state index contributed by atoms with van der Waals surface area (Å²) in [7, 11) is -3.73. The third-order valence-corrected chi connectivity index (χ3v) is 4.81. The van der Waals surface area contributed by atoms with Crippen molar-refractivity contribution in [3.63, 3.8) is 0 Å². The Balaban J connectivity index is 2.74. The van der Waals surface area contributed by atoms with Crippen molar-refractivity contribution in [1.82, 2.24) is 4.72 Å². The molecule has 0 fully saturated rings. The topological polar surface area (TPSA) is 104 Å². The summed E-state index contributed by atoms with van der Waals surface area (Å²) in [5.41, 5.74) is 0.909. The zero-order valence-electron chi connectivity index (χ0n) is 10.1. The van der Waals surface area contributed by atoms with Crippen LogP contribution < -0.4 is 4.72 Å². The Morgan fingerprint density at radius 1 is 1.47 bits per heavy atom. The van der Waals surface area contributed by atoms with Crippen LogP contribution in [0.5, 0.6) is 0 Å². The van der Waals surface area contributed by atoms with Crippen LogP contribution in [0.25, 0.3) is 0 Å². The summed E-state index contributed by atoms with van der Waals surface area (Å²) in [4.78, 5) is 10.5. The first kappa shape index (κ1) is 16.1. The van der Waals surface area contributed by atoms with Crippen LogP contribution in [0, 0.1) is 6.92 Å². The molecule has 0 radical (unpaired) electrons. The largest absolute Gasteiger partial charge is 0.479 e. The van der Waals surface area contributed by atoms with Gasteiger partial charge in [-0.3, -0.25) is 0 Å². The van der Waals surface area contributed by atoms with Gasteiger partial charge in [0, 0.05) is 11.0 Å². The number of aryl methyl sites for hydroxylation is 1. The summed E-state index contributed by atoms with van der Waals surface area (Å²) in [5.74, 6) is -1.38. The average molecular weight is 352 g/mol. The molecule has 0 heterocycles. The van der Waals surface area contributed by atoms with E-state index in [2.05, 4.69) is 20.7 Å². The quantitative estimate of drug-likeness (QED) is 0.705. The monoisotopic (exact) mass is 351 g/mol. The molecule has 0 aliphatic heterocycles. The summed E-state index contributed by atoms with van der Waals surface area (Å²) in [6.07, 6.45) is -1.78. The molecule has 106 valence electrons. The highest BCUT2D eigenvalue weighted by molar-refractivity contribution is 9.10. The van der Waals surface area contributed by atoms with E-state index in [9.17, 15) is 13.2 Å². The van der Waals surface area contributed by atoms with Crippen LogP contribution in [0.15, 0.2) is 27.6 Å². The van der Waals surface area contributed by atoms with Crippen LogP contribution in [0.1, 0.15) is 12.0 Å². The van der Waals surface area contributed by atoms with Gasteiger partial charge in [0.25, 0.3) is 0 Å². The van der Waals surface area contributed by atoms with Crippen LogP contribution >= 0.6 is 15.9 Å². The summed E-state index contributed by atoms with van der Waals surface area (Å²) in [6, 6.07) is 4.78. The number of hydrogen-bond acceptors (Lipinski definition) is 4. The molecule has 0 saturated heterocycles. The molecule has 1 aromatic carbocycles. The maximum atomic E-state index is 11.9. The highest BCUT2D eigenvalue weighted by Crippen LogP contribution is 2.22. The van der Waals surface area contributed by atoms with E-state index in [0.717, 1.165) is 5.56 Å². The number of benzene rings is 1. The van der Waals surface area contributed by atoms with E-state index in [-0.39, 0.29) is 17.9 Å². The van der Waals surface area contributed by atoms with Crippen LogP contribution in [0.4, 0.5) is 0 Å². The molecule has 1 atom stereocenters. The molecule has 0 spiro atoms. The Morgan fingerprint density at radius 2 is 2.11 bits per heavy atom. The first-order chi connectivity index (χ1) is 8.74. The SMILES string of the molecule is Cc1ccc(S(=O)(=O)NCCC(O)C(=O)O)c(Br)c1. The molecule has 3 N–H and O–H groups in total. The zero-order chi connectivity index (χ0) is 14.6. The summed E-state index contributed by atoms with van der Waals surface area (Å²) < 4.78 is 26.6. The maximum Gasteiger partial charge on any atom is 0.332 e. The van der Waals surface area contributed by atoms with Gasteiger partial charge in [-0.25, -0.2) is 17.9 Å². The Morgan fingerprint density at radius 3 is 2.63 bits per heavy atom. The number of aliphatic hydroxyl groups excluding tert-OH is 1. The number of rotatable bonds is 6. The lowest BCUT2D eigenvalue weighted by molar-refractivity contribution is -0.146. The highest BCUT2D eigenvalue weighted by Gasteiger charge is 2.19. The van der Waals surface area contributed by atoms with Gasteiger partial charge < -0.3 is 10.2 Å². The molecule has 1 unspecified atom stereocenters. The minimum Gasteiger partial charge on any atom is -0.479 e. The number of hydrogen-bond donors (Lipinski definition) is 3. The highest BCUT2D eigenvalue weighted by atomic mass is 79.9. The third kappa shape index (κ3) is 4.57. The molecule has 6 nitrogen and oxygen atoms in total. The maximum absolute atomic E-state index is 11.9. The van der Waals surface area contributed by atoms with Crippen molar-refractivity contribution in [3.05, 3.63) is 28.2 Å². The summed E-state index contributed by atoms with van der Waals surface area (Å²) in [5, 5.41) is 17.5. The minimum absolute atomic E-state index is 0.0721. The first-order valence-electron chi connectivity index (χ1n) is 5.41. The van der Waals surface area contributed by atoms with E-state index in [1.165, 1.54) is 6.07 Å². The zero-order valence-corrected chi connectivity index (χ0v) is 12.5. The number of aliphatic hydroxyl groups is 1. The fraction of sp³-hybridized carbons (Fsp3) is 0.364. The lowest BCUT2D eigenvalue weighted by Gasteiger charge is -2.10. The molecule has 8 heteroatoms. The standard InChI is InChI=1S/C11H14BrNO5S/c1-7-2-3-10(8(12)6-7)19(17,18)13-5-4-9(14)11(15)16/h2-3,6,9,13-14H,4-5H2,1H3,(H,15,16). The van der Waals surface area contributed by atoms with Crippen molar-refractivity contribution >= 4 is 31.9 Å². The Bertz CT molecular complexity index is 572. The van der Waals surface area contributed by atoms with E-state index < -0.39 is 22.1 Å². The predicted octanol–water partition coefficient (Wildman–Crippen LogP) is 0.871. The van der Waals surface area contributed by atoms with Gasteiger partial charge >= 0.3 is 5.97 Å². The second-order valence-corrected chi connectivity index (χ2v) is 6.56. The Hall–Kier alpha value is -0.960. The van der Waals surface area contributed by atoms with E-state index in [1.807, 2.05) is 6.92 Å². The van der Waals surface area contributed by atoms with Crippen molar-refractivity contribution in [2.24, 2.45) is 0 Å². The second-order valence-electron chi connectivity index (χ2n) is 3.97. The number of sulfonamides is 1. The van der Waals surface area contributed by atoms with E-state index >= 15 is 0 Å². The van der Waals surface area contributed by atoms with Crippen molar-refractivity contribution < 1.29 is 23.4 Å². The normalized spacial score (nSPS) is 13.2. The lowest BCUT2D eigenvalue weighted by atomic mass is 10.2. The van der Waals surface area contributed by atoms with Crippen LogP contribution in [0.3, 0.4) is 0 Å². The molecule has 1 aromatic rings. The van der Waals surface area contributed by atoms with Crippen molar-refractivity contribution in [2.75, 3.05) is 6.54 Å². The molecule has 0 saturated carbocycles. The lowest BCUT2D eigenvalue weighted by Crippen LogP contribution is -2.30. The van der Waals surface area contributed by atoms with Crippen LogP contribution in [0.2, 0.25) is 0 Å². The molecule has 0 aliphatic rings. The molecule has 0 bridgehead atoms. The van der Waals surface area contributed by atoms with Gasteiger partial charge in [-0.05, 0) is 47.0 Å². The van der Waals surface area contributed by atoms with E-state index in [1.54, 1.807) is 12.1 Å². The third-order valence-electron chi connectivity index (χ3n) is 2.37. The second kappa shape index (κ2) is 6.47. The molecule has 0 amide bonds. The minimum atomic E-state index is -3.73. The Labute approximate surface area is 119 Å². The molecule has 0 aliphatic carbocycles. The number of nitrogens with one attached hydrogen (secondary N) is 1. The Kier molecular flexibility index (Phi) is 5.48. The smallest absolute Gasteiger partial charge is 0.332 e. The van der Waals surface area contributed by atoms with E-state index in [0.29, 0.717) is 4.47 Å². The number of carbonyl (C=O) groups is 1.